The highest BCUT2D eigenvalue weighted by atomic mass is 16.5. The average molecular weight is 161 g/mol. The molecule has 2 N–H and O–H groups in total. The van der Waals surface area contributed by atoms with E-state index in [1.165, 1.54) is 0 Å². The van der Waals surface area contributed by atoms with Gasteiger partial charge in [0.05, 0.1) is 18.1 Å². The first-order valence-electron chi connectivity index (χ1n) is 3.47. The molecule has 2 aromatic rings. The summed E-state index contributed by atoms with van der Waals surface area (Å²) in [4.78, 5) is 3.88. The molecule has 0 aliphatic heterocycles. The highest BCUT2D eigenvalue weighted by molar-refractivity contribution is 5.73. The Morgan fingerprint density at radius 3 is 2.92 bits per heavy atom. The Morgan fingerprint density at radius 1 is 1.33 bits per heavy atom. The minimum Gasteiger partial charge on any atom is -0.397 e. The maximum Gasteiger partial charge on any atom is 0.131 e. The van der Waals surface area contributed by atoms with Gasteiger partial charge in [-0.1, -0.05) is 5.16 Å². The molecular formula is C8H7N3O. The van der Waals surface area contributed by atoms with Crippen LogP contribution in [0.1, 0.15) is 0 Å². The van der Waals surface area contributed by atoms with E-state index in [1.807, 2.05) is 6.07 Å². The van der Waals surface area contributed by atoms with Gasteiger partial charge in [0.15, 0.2) is 0 Å². The first-order valence-corrected chi connectivity index (χ1v) is 3.47. The van der Waals surface area contributed by atoms with Crippen molar-refractivity contribution in [2.75, 3.05) is 5.73 Å². The molecule has 2 aromatic heterocycles. The Hall–Kier alpha value is -1.84. The molecule has 0 aliphatic carbocycles. The van der Waals surface area contributed by atoms with E-state index >= 15 is 0 Å². The highest BCUT2D eigenvalue weighted by Crippen LogP contribution is 2.23. The molecule has 2 rings (SSSR count). The van der Waals surface area contributed by atoms with Crippen LogP contribution in [0.2, 0.25) is 0 Å². The Balaban J connectivity index is 2.55. The van der Waals surface area contributed by atoms with Crippen LogP contribution >= 0.6 is 0 Å². The predicted octanol–water partition coefficient (Wildman–Crippen LogP) is 1.32. The summed E-state index contributed by atoms with van der Waals surface area (Å²) in [5.74, 6) is 0. The monoisotopic (exact) mass is 161 g/mol. The fraction of sp³-hybridized carbons (Fsp3) is 0. The summed E-state index contributed by atoms with van der Waals surface area (Å²) in [5.41, 5.74) is 8.07. The van der Waals surface area contributed by atoms with Crippen LogP contribution in [0, 0.1) is 0 Å². The number of aromatic nitrogens is 2. The van der Waals surface area contributed by atoms with E-state index in [1.54, 1.807) is 24.9 Å². The Morgan fingerprint density at radius 2 is 2.25 bits per heavy atom. The van der Waals surface area contributed by atoms with E-state index in [0.29, 0.717) is 5.69 Å². The molecule has 0 radical (unpaired) electrons. The van der Waals surface area contributed by atoms with Crippen LogP contribution in [0.3, 0.4) is 0 Å². The van der Waals surface area contributed by atoms with Gasteiger partial charge in [-0.25, -0.2) is 0 Å². The minimum atomic E-state index is 0.626. The van der Waals surface area contributed by atoms with Crippen molar-refractivity contribution in [3.05, 3.63) is 30.9 Å². The predicted molar refractivity (Wildman–Crippen MR) is 44.1 cm³/mol. The second-order valence-corrected chi connectivity index (χ2v) is 2.38. The van der Waals surface area contributed by atoms with E-state index in [2.05, 4.69) is 10.1 Å². The molecular weight excluding hydrogens is 154 g/mol. The van der Waals surface area contributed by atoms with Crippen LogP contribution in [0.5, 0.6) is 0 Å². The Kier molecular flexibility index (Phi) is 1.51. The van der Waals surface area contributed by atoms with Crippen molar-refractivity contribution in [1.82, 2.24) is 10.1 Å². The molecule has 2 heterocycles. The van der Waals surface area contributed by atoms with Gasteiger partial charge in [0.25, 0.3) is 0 Å². The molecule has 4 nitrogen and oxygen atoms in total. The third kappa shape index (κ3) is 1.03. The van der Waals surface area contributed by atoms with E-state index in [0.717, 1.165) is 11.1 Å². The molecule has 0 atom stereocenters. The van der Waals surface area contributed by atoms with Crippen molar-refractivity contribution in [2.24, 2.45) is 0 Å². The standard InChI is InChI=1S/C8H7N3O/c9-8-4-10-2-1-7(8)6-3-11-12-5-6/h1-5H,9H2. The van der Waals surface area contributed by atoms with Crippen LogP contribution in [0.4, 0.5) is 5.69 Å². The van der Waals surface area contributed by atoms with Crippen molar-refractivity contribution < 1.29 is 4.52 Å². The first kappa shape index (κ1) is 6.84. The lowest BCUT2D eigenvalue weighted by molar-refractivity contribution is 0.420. The minimum absolute atomic E-state index is 0.626. The van der Waals surface area contributed by atoms with E-state index in [-0.39, 0.29) is 0 Å². The fourth-order valence-electron chi connectivity index (χ4n) is 1.01. The molecule has 0 saturated carbocycles. The van der Waals surface area contributed by atoms with Gasteiger partial charge in [0.1, 0.15) is 6.26 Å². The summed E-state index contributed by atoms with van der Waals surface area (Å²) in [7, 11) is 0. The summed E-state index contributed by atoms with van der Waals surface area (Å²) >= 11 is 0. The van der Waals surface area contributed by atoms with Gasteiger partial charge in [-0.15, -0.1) is 0 Å². The second-order valence-electron chi connectivity index (χ2n) is 2.38. The molecule has 0 spiro atoms. The lowest BCUT2D eigenvalue weighted by Crippen LogP contribution is -1.89. The summed E-state index contributed by atoms with van der Waals surface area (Å²) in [5, 5.41) is 3.59. The molecule has 0 aromatic carbocycles. The Labute approximate surface area is 69.0 Å². The van der Waals surface area contributed by atoms with Crippen molar-refractivity contribution in [2.45, 2.75) is 0 Å². The number of hydrogen-bond donors (Lipinski definition) is 1. The summed E-state index contributed by atoms with van der Waals surface area (Å²) in [6.07, 6.45) is 6.44. The first-order chi connectivity index (χ1) is 5.88. The van der Waals surface area contributed by atoms with Gasteiger partial charge in [0, 0.05) is 17.3 Å². The third-order valence-corrected chi connectivity index (χ3v) is 1.60. The van der Waals surface area contributed by atoms with Gasteiger partial charge in [0.2, 0.25) is 0 Å². The van der Waals surface area contributed by atoms with E-state index < -0.39 is 0 Å². The largest absolute Gasteiger partial charge is 0.397 e. The molecule has 0 amide bonds. The zero-order valence-electron chi connectivity index (χ0n) is 6.27. The summed E-state index contributed by atoms with van der Waals surface area (Å²) in [6, 6.07) is 1.82. The molecule has 0 unspecified atom stereocenters. The normalized spacial score (nSPS) is 10.0. The zero-order chi connectivity index (χ0) is 8.39. The maximum absolute atomic E-state index is 5.68. The van der Waals surface area contributed by atoms with Crippen LogP contribution in [0.25, 0.3) is 11.1 Å². The number of anilines is 1. The number of nitrogen functional groups attached to an aromatic ring is 1. The zero-order valence-corrected chi connectivity index (χ0v) is 6.27. The van der Waals surface area contributed by atoms with Gasteiger partial charge in [-0.05, 0) is 6.07 Å². The highest BCUT2D eigenvalue weighted by Gasteiger charge is 2.02. The van der Waals surface area contributed by atoms with Crippen molar-refractivity contribution in [3.63, 3.8) is 0 Å². The number of hydrogen-bond acceptors (Lipinski definition) is 4. The van der Waals surface area contributed by atoms with Crippen molar-refractivity contribution >= 4 is 5.69 Å². The van der Waals surface area contributed by atoms with Gasteiger partial charge in [-0.2, -0.15) is 0 Å². The average Bonchev–Trinajstić information content (AvgIpc) is 2.57. The van der Waals surface area contributed by atoms with Gasteiger partial charge >= 0.3 is 0 Å². The Bertz CT molecular complexity index is 370. The quantitative estimate of drug-likeness (QED) is 0.685. The van der Waals surface area contributed by atoms with Gasteiger partial charge in [-0.3, -0.25) is 4.98 Å². The third-order valence-electron chi connectivity index (χ3n) is 1.60. The molecule has 0 bridgehead atoms. The summed E-state index contributed by atoms with van der Waals surface area (Å²) < 4.78 is 4.70. The molecule has 0 aliphatic rings. The number of nitrogens with zero attached hydrogens (tertiary/aromatic N) is 2. The van der Waals surface area contributed by atoms with Crippen LogP contribution < -0.4 is 5.73 Å². The molecule has 12 heavy (non-hydrogen) atoms. The van der Waals surface area contributed by atoms with Crippen molar-refractivity contribution in [3.8, 4) is 11.1 Å². The SMILES string of the molecule is Nc1cnccc1-c1cnoc1. The van der Waals surface area contributed by atoms with E-state index in [9.17, 15) is 0 Å². The maximum atomic E-state index is 5.68. The second kappa shape index (κ2) is 2.65. The topological polar surface area (TPSA) is 64.9 Å². The lowest BCUT2D eigenvalue weighted by atomic mass is 10.1. The summed E-state index contributed by atoms with van der Waals surface area (Å²) in [6.45, 7) is 0. The van der Waals surface area contributed by atoms with Crippen LogP contribution in [0.15, 0.2) is 35.4 Å². The van der Waals surface area contributed by atoms with Crippen molar-refractivity contribution in [1.29, 1.82) is 0 Å². The van der Waals surface area contributed by atoms with Crippen LogP contribution in [-0.2, 0) is 0 Å². The number of nitrogens with two attached hydrogens (primary N) is 1. The molecule has 0 saturated heterocycles. The number of rotatable bonds is 1. The lowest BCUT2D eigenvalue weighted by Gasteiger charge is -1.98. The van der Waals surface area contributed by atoms with Gasteiger partial charge < -0.3 is 10.3 Å². The molecule has 60 valence electrons. The molecule has 4 heteroatoms. The van der Waals surface area contributed by atoms with Crippen LogP contribution in [-0.4, -0.2) is 10.1 Å². The fourth-order valence-corrected chi connectivity index (χ4v) is 1.01. The van der Waals surface area contributed by atoms with E-state index in [4.69, 9.17) is 10.3 Å². The molecule has 0 fully saturated rings. The number of pyridine rings is 1. The smallest absolute Gasteiger partial charge is 0.131 e.